The Kier molecular flexibility index (Phi) is 3.94. The molecule has 0 aliphatic heterocycles. The van der Waals surface area contributed by atoms with Gasteiger partial charge in [0, 0.05) is 18.0 Å². The first-order valence-electron chi connectivity index (χ1n) is 4.47. The van der Waals surface area contributed by atoms with Gasteiger partial charge in [0.1, 0.15) is 6.10 Å². The van der Waals surface area contributed by atoms with E-state index in [4.69, 9.17) is 10.4 Å². The maximum atomic E-state index is 10.6. The molecule has 1 rings (SSSR count). The van der Waals surface area contributed by atoms with Crippen molar-refractivity contribution in [1.29, 1.82) is 5.26 Å². The molecule has 2 unspecified atom stereocenters. The standard InChI is InChI=1S/C10H10N2O4/c11-2-1-8(13)9(14)6-3-7(10(15)16)5-12-4-6/h3-5,8-9,13-14H,1H2,(H,15,16). The molecule has 1 aromatic rings. The second-order valence-electron chi connectivity index (χ2n) is 3.19. The fourth-order valence-electron chi connectivity index (χ4n) is 1.16. The largest absolute Gasteiger partial charge is 0.478 e. The van der Waals surface area contributed by atoms with Crippen LogP contribution in [0.2, 0.25) is 0 Å². The Balaban J connectivity index is 2.92. The molecular formula is C10H10N2O4. The van der Waals surface area contributed by atoms with Gasteiger partial charge in [0.25, 0.3) is 0 Å². The molecule has 1 aromatic heterocycles. The van der Waals surface area contributed by atoms with Crippen LogP contribution in [0.3, 0.4) is 0 Å². The normalized spacial score (nSPS) is 13.8. The number of pyridine rings is 1. The minimum absolute atomic E-state index is 0.0827. The summed E-state index contributed by atoms with van der Waals surface area (Å²) in [4.78, 5) is 14.3. The number of carboxylic acids is 1. The maximum Gasteiger partial charge on any atom is 0.337 e. The molecule has 0 aliphatic rings. The molecule has 0 amide bonds. The highest BCUT2D eigenvalue weighted by atomic mass is 16.4. The van der Waals surface area contributed by atoms with Gasteiger partial charge >= 0.3 is 5.97 Å². The highest BCUT2D eigenvalue weighted by Crippen LogP contribution is 2.18. The molecule has 3 N–H and O–H groups in total. The molecule has 0 saturated heterocycles. The molecule has 6 nitrogen and oxygen atoms in total. The highest BCUT2D eigenvalue weighted by molar-refractivity contribution is 5.87. The quantitative estimate of drug-likeness (QED) is 0.665. The number of nitriles is 1. The lowest BCUT2D eigenvalue weighted by Gasteiger charge is -2.15. The number of aliphatic hydroxyl groups excluding tert-OH is 2. The number of carboxylic acid groups (broad SMARTS) is 1. The van der Waals surface area contributed by atoms with Gasteiger partial charge in [0.15, 0.2) is 0 Å². The summed E-state index contributed by atoms with van der Waals surface area (Å²) in [6.45, 7) is 0. The van der Waals surface area contributed by atoms with Crippen molar-refractivity contribution in [1.82, 2.24) is 4.98 Å². The summed E-state index contributed by atoms with van der Waals surface area (Å²) < 4.78 is 0. The van der Waals surface area contributed by atoms with E-state index in [2.05, 4.69) is 4.98 Å². The van der Waals surface area contributed by atoms with Gasteiger partial charge in [-0.1, -0.05) is 0 Å². The monoisotopic (exact) mass is 222 g/mol. The van der Waals surface area contributed by atoms with Crippen molar-refractivity contribution in [3.8, 4) is 6.07 Å². The Morgan fingerprint density at radius 3 is 2.75 bits per heavy atom. The fraction of sp³-hybridized carbons (Fsp3) is 0.300. The van der Waals surface area contributed by atoms with Crippen LogP contribution in [0.4, 0.5) is 0 Å². The molecule has 16 heavy (non-hydrogen) atoms. The van der Waals surface area contributed by atoms with Crippen LogP contribution in [0.25, 0.3) is 0 Å². The van der Waals surface area contributed by atoms with Crippen LogP contribution >= 0.6 is 0 Å². The molecule has 0 bridgehead atoms. The van der Waals surface area contributed by atoms with E-state index in [9.17, 15) is 15.0 Å². The second kappa shape index (κ2) is 5.21. The topological polar surface area (TPSA) is 114 Å². The lowest BCUT2D eigenvalue weighted by molar-refractivity contribution is 0.0213. The third-order valence-electron chi connectivity index (χ3n) is 2.01. The first-order chi connectivity index (χ1) is 7.56. The predicted molar refractivity (Wildman–Crippen MR) is 52.4 cm³/mol. The summed E-state index contributed by atoms with van der Waals surface area (Å²) in [6, 6.07) is 2.92. The van der Waals surface area contributed by atoms with E-state index in [1.807, 2.05) is 0 Å². The maximum absolute atomic E-state index is 10.6. The van der Waals surface area contributed by atoms with Gasteiger partial charge in [0.2, 0.25) is 0 Å². The van der Waals surface area contributed by atoms with E-state index < -0.39 is 18.2 Å². The van der Waals surface area contributed by atoms with Gasteiger partial charge in [-0.25, -0.2) is 4.79 Å². The van der Waals surface area contributed by atoms with E-state index in [1.165, 1.54) is 12.3 Å². The zero-order valence-corrected chi connectivity index (χ0v) is 8.24. The van der Waals surface area contributed by atoms with E-state index in [1.54, 1.807) is 6.07 Å². The zero-order chi connectivity index (χ0) is 12.1. The summed E-state index contributed by atoms with van der Waals surface area (Å²) in [5.41, 5.74) is 0.0864. The lowest BCUT2D eigenvalue weighted by Crippen LogP contribution is -2.18. The Labute approximate surface area is 91.4 Å². The molecule has 0 radical (unpaired) electrons. The molecule has 0 fully saturated rings. The lowest BCUT2D eigenvalue weighted by atomic mass is 10.0. The summed E-state index contributed by atoms with van der Waals surface area (Å²) in [6.07, 6.45) is -0.423. The van der Waals surface area contributed by atoms with E-state index in [-0.39, 0.29) is 17.5 Å². The van der Waals surface area contributed by atoms with Crippen molar-refractivity contribution in [3.63, 3.8) is 0 Å². The Morgan fingerprint density at radius 2 is 2.19 bits per heavy atom. The van der Waals surface area contributed by atoms with Crippen LogP contribution in [0, 0.1) is 11.3 Å². The third-order valence-corrected chi connectivity index (χ3v) is 2.01. The van der Waals surface area contributed by atoms with Crippen LogP contribution < -0.4 is 0 Å². The Bertz CT molecular complexity index is 427. The van der Waals surface area contributed by atoms with E-state index in [0.717, 1.165) is 6.20 Å². The van der Waals surface area contributed by atoms with Crippen LogP contribution in [0.5, 0.6) is 0 Å². The van der Waals surface area contributed by atoms with Crippen molar-refractivity contribution in [2.45, 2.75) is 18.6 Å². The van der Waals surface area contributed by atoms with Gasteiger partial charge in [-0.2, -0.15) is 5.26 Å². The number of hydrogen-bond donors (Lipinski definition) is 3. The summed E-state index contributed by atoms with van der Waals surface area (Å²) in [7, 11) is 0. The van der Waals surface area contributed by atoms with E-state index >= 15 is 0 Å². The zero-order valence-electron chi connectivity index (χ0n) is 8.24. The van der Waals surface area contributed by atoms with Crippen LogP contribution in [0.15, 0.2) is 18.5 Å². The minimum Gasteiger partial charge on any atom is -0.478 e. The molecule has 0 saturated carbocycles. The van der Waals surface area contributed by atoms with Crippen LogP contribution in [-0.4, -0.2) is 32.4 Å². The number of rotatable bonds is 4. The Hall–Kier alpha value is -1.97. The number of hydrogen-bond acceptors (Lipinski definition) is 5. The van der Waals surface area contributed by atoms with Crippen molar-refractivity contribution in [3.05, 3.63) is 29.6 Å². The molecular weight excluding hydrogens is 212 g/mol. The van der Waals surface area contributed by atoms with Crippen molar-refractivity contribution >= 4 is 5.97 Å². The van der Waals surface area contributed by atoms with E-state index in [0.29, 0.717) is 0 Å². The van der Waals surface area contributed by atoms with Gasteiger partial charge in [-0.15, -0.1) is 0 Å². The summed E-state index contributed by atoms with van der Waals surface area (Å²) in [5, 5.41) is 36.0. The summed E-state index contributed by atoms with van der Waals surface area (Å²) >= 11 is 0. The highest BCUT2D eigenvalue weighted by Gasteiger charge is 2.19. The fourth-order valence-corrected chi connectivity index (χ4v) is 1.16. The van der Waals surface area contributed by atoms with Crippen molar-refractivity contribution in [2.75, 3.05) is 0 Å². The molecule has 6 heteroatoms. The van der Waals surface area contributed by atoms with Gasteiger partial charge in [-0.3, -0.25) is 4.98 Å². The first-order valence-corrected chi connectivity index (χ1v) is 4.47. The predicted octanol–water partition coefficient (Wildman–Crippen LogP) is 0.0878. The molecule has 0 spiro atoms. The average Bonchev–Trinajstić information content (AvgIpc) is 2.28. The Morgan fingerprint density at radius 1 is 1.50 bits per heavy atom. The molecule has 0 aromatic carbocycles. The van der Waals surface area contributed by atoms with Gasteiger partial charge in [0.05, 0.1) is 24.2 Å². The van der Waals surface area contributed by atoms with Gasteiger partial charge in [-0.05, 0) is 6.07 Å². The number of aliphatic hydroxyl groups is 2. The second-order valence-corrected chi connectivity index (χ2v) is 3.19. The molecule has 2 atom stereocenters. The smallest absolute Gasteiger partial charge is 0.337 e. The van der Waals surface area contributed by atoms with Crippen molar-refractivity contribution in [2.24, 2.45) is 0 Å². The molecule has 84 valence electrons. The number of aromatic nitrogens is 1. The molecule has 0 aliphatic carbocycles. The van der Waals surface area contributed by atoms with Crippen LogP contribution in [0.1, 0.15) is 28.4 Å². The van der Waals surface area contributed by atoms with Gasteiger partial charge < -0.3 is 15.3 Å². The number of carbonyl (C=O) groups is 1. The number of aromatic carboxylic acids is 1. The summed E-state index contributed by atoms with van der Waals surface area (Å²) in [5.74, 6) is -1.17. The SMILES string of the molecule is N#CCC(O)C(O)c1cncc(C(=O)O)c1. The van der Waals surface area contributed by atoms with Crippen LogP contribution in [-0.2, 0) is 0 Å². The van der Waals surface area contributed by atoms with Crippen molar-refractivity contribution < 1.29 is 20.1 Å². The molecule has 1 heterocycles. The average molecular weight is 222 g/mol. The minimum atomic E-state index is -1.31. The third kappa shape index (κ3) is 2.76. The first kappa shape index (κ1) is 12.1. The number of nitrogens with zero attached hydrogens (tertiary/aromatic N) is 2.